The molecule has 0 radical (unpaired) electrons. The van der Waals surface area contributed by atoms with E-state index < -0.39 is 5.91 Å². The molecule has 0 spiro atoms. The second kappa shape index (κ2) is 8.65. The molecule has 2 aromatic carbocycles. The second-order valence-corrected chi connectivity index (χ2v) is 5.51. The molecule has 0 aliphatic rings. The smallest absolute Gasteiger partial charge is 0.269 e. The molecule has 2 N–H and O–H groups in total. The summed E-state index contributed by atoms with van der Waals surface area (Å²) < 4.78 is 5.11. The molecular weight excluding hydrogens is 322 g/mol. The molecule has 0 aliphatic carbocycles. The SMILES string of the molecule is COc1ccc(NC(SC)=C(C#N)C(=O)Nc2ccccc2)cc1. The molecule has 0 fully saturated rings. The van der Waals surface area contributed by atoms with Gasteiger partial charge in [-0.1, -0.05) is 18.2 Å². The lowest BCUT2D eigenvalue weighted by molar-refractivity contribution is -0.112. The van der Waals surface area contributed by atoms with E-state index in [4.69, 9.17) is 4.74 Å². The first-order valence-electron chi connectivity index (χ1n) is 7.13. The van der Waals surface area contributed by atoms with Gasteiger partial charge < -0.3 is 15.4 Å². The number of hydrogen-bond acceptors (Lipinski definition) is 5. The van der Waals surface area contributed by atoms with Crippen LogP contribution in [-0.4, -0.2) is 19.3 Å². The third-order valence-corrected chi connectivity index (χ3v) is 3.86. The lowest BCUT2D eigenvalue weighted by Gasteiger charge is -2.12. The van der Waals surface area contributed by atoms with E-state index in [1.165, 1.54) is 11.8 Å². The zero-order chi connectivity index (χ0) is 17.4. The topological polar surface area (TPSA) is 74.1 Å². The molecular formula is C18H17N3O2S. The predicted octanol–water partition coefficient (Wildman–Crippen LogP) is 3.84. The number of methoxy groups -OCH3 is 1. The Morgan fingerprint density at radius 3 is 2.21 bits per heavy atom. The quantitative estimate of drug-likeness (QED) is 0.618. The van der Waals surface area contributed by atoms with Gasteiger partial charge in [-0.25, -0.2) is 0 Å². The zero-order valence-corrected chi connectivity index (χ0v) is 14.2. The number of carbonyl (C=O) groups is 1. The Hall–Kier alpha value is -2.91. The zero-order valence-electron chi connectivity index (χ0n) is 13.4. The van der Waals surface area contributed by atoms with Crippen LogP contribution in [0.5, 0.6) is 5.75 Å². The van der Waals surface area contributed by atoms with Gasteiger partial charge in [-0.3, -0.25) is 4.79 Å². The van der Waals surface area contributed by atoms with Crippen LogP contribution in [-0.2, 0) is 4.79 Å². The van der Waals surface area contributed by atoms with Crippen molar-refractivity contribution >= 4 is 29.0 Å². The molecule has 0 saturated heterocycles. The number of benzene rings is 2. The van der Waals surface area contributed by atoms with E-state index in [9.17, 15) is 10.1 Å². The largest absolute Gasteiger partial charge is 0.497 e. The summed E-state index contributed by atoms with van der Waals surface area (Å²) in [6, 6.07) is 18.2. The summed E-state index contributed by atoms with van der Waals surface area (Å²) in [7, 11) is 1.59. The van der Waals surface area contributed by atoms with Crippen molar-refractivity contribution in [3.8, 4) is 11.8 Å². The van der Waals surface area contributed by atoms with Crippen LogP contribution in [0, 0.1) is 11.3 Å². The van der Waals surface area contributed by atoms with Crippen LogP contribution in [0.4, 0.5) is 11.4 Å². The molecule has 0 saturated carbocycles. The summed E-state index contributed by atoms with van der Waals surface area (Å²) in [6.07, 6.45) is 1.80. The van der Waals surface area contributed by atoms with Gasteiger partial charge in [0.1, 0.15) is 17.4 Å². The van der Waals surface area contributed by atoms with E-state index in [0.717, 1.165) is 11.4 Å². The van der Waals surface area contributed by atoms with Crippen molar-refractivity contribution in [3.05, 3.63) is 65.2 Å². The lowest BCUT2D eigenvalue weighted by Crippen LogP contribution is -2.16. The lowest BCUT2D eigenvalue weighted by atomic mass is 10.2. The van der Waals surface area contributed by atoms with Crippen molar-refractivity contribution in [1.29, 1.82) is 5.26 Å². The number of anilines is 2. The van der Waals surface area contributed by atoms with Gasteiger partial charge in [0.05, 0.1) is 12.1 Å². The van der Waals surface area contributed by atoms with Crippen LogP contribution >= 0.6 is 11.8 Å². The maximum Gasteiger partial charge on any atom is 0.269 e. The molecule has 0 aliphatic heterocycles. The average molecular weight is 339 g/mol. The standard InChI is InChI=1S/C18H17N3O2S/c1-23-15-10-8-14(9-11-15)21-18(24-2)16(12-19)17(22)20-13-6-4-3-5-7-13/h3-11,21H,1-2H3,(H,20,22). The second-order valence-electron chi connectivity index (χ2n) is 4.69. The summed E-state index contributed by atoms with van der Waals surface area (Å²) in [6.45, 7) is 0. The number of thioether (sulfide) groups is 1. The molecule has 2 rings (SSSR count). The molecule has 6 heteroatoms. The fourth-order valence-electron chi connectivity index (χ4n) is 1.94. The van der Waals surface area contributed by atoms with E-state index in [1.807, 2.05) is 36.4 Å². The summed E-state index contributed by atoms with van der Waals surface area (Å²) in [5, 5.41) is 15.7. The van der Waals surface area contributed by atoms with Crippen LogP contribution in [0.3, 0.4) is 0 Å². The van der Waals surface area contributed by atoms with Gasteiger partial charge in [-0.2, -0.15) is 5.26 Å². The first kappa shape index (κ1) is 17.4. The number of nitriles is 1. The molecule has 0 heterocycles. The summed E-state index contributed by atoms with van der Waals surface area (Å²) >= 11 is 1.30. The number of hydrogen-bond donors (Lipinski definition) is 2. The Morgan fingerprint density at radius 1 is 1.04 bits per heavy atom. The molecule has 24 heavy (non-hydrogen) atoms. The monoisotopic (exact) mass is 339 g/mol. The molecule has 0 aromatic heterocycles. The van der Waals surface area contributed by atoms with Crippen LogP contribution in [0.1, 0.15) is 0 Å². The maximum atomic E-state index is 12.4. The number of ether oxygens (including phenoxy) is 1. The van der Waals surface area contributed by atoms with Gasteiger partial charge in [0.25, 0.3) is 5.91 Å². The van der Waals surface area contributed by atoms with Gasteiger partial charge in [0.2, 0.25) is 0 Å². The van der Waals surface area contributed by atoms with E-state index in [1.54, 1.807) is 37.6 Å². The van der Waals surface area contributed by atoms with Gasteiger partial charge in [-0.15, -0.1) is 11.8 Å². The van der Waals surface area contributed by atoms with Crippen molar-refractivity contribution in [2.75, 3.05) is 24.0 Å². The van der Waals surface area contributed by atoms with E-state index in [2.05, 4.69) is 10.6 Å². The maximum absolute atomic E-state index is 12.4. The molecule has 0 unspecified atom stereocenters. The Kier molecular flexibility index (Phi) is 6.29. The third kappa shape index (κ3) is 4.54. The van der Waals surface area contributed by atoms with Gasteiger partial charge in [-0.05, 0) is 42.7 Å². The fourth-order valence-corrected chi connectivity index (χ4v) is 2.50. The van der Waals surface area contributed by atoms with Gasteiger partial charge in [0, 0.05) is 11.4 Å². The normalized spacial score (nSPS) is 11.0. The first-order valence-corrected chi connectivity index (χ1v) is 8.36. The number of nitrogens with one attached hydrogen (secondary N) is 2. The molecule has 1 amide bonds. The highest BCUT2D eigenvalue weighted by Crippen LogP contribution is 2.23. The number of nitrogens with zero attached hydrogens (tertiary/aromatic N) is 1. The minimum atomic E-state index is -0.450. The van der Waals surface area contributed by atoms with Crippen molar-refractivity contribution in [2.24, 2.45) is 0 Å². The van der Waals surface area contributed by atoms with Crippen LogP contribution in [0.15, 0.2) is 65.2 Å². The van der Waals surface area contributed by atoms with E-state index in [0.29, 0.717) is 10.7 Å². The Labute approximate surface area is 145 Å². The molecule has 5 nitrogen and oxygen atoms in total. The highest BCUT2D eigenvalue weighted by atomic mass is 32.2. The van der Waals surface area contributed by atoms with Crippen molar-refractivity contribution < 1.29 is 9.53 Å². The van der Waals surface area contributed by atoms with Crippen LogP contribution < -0.4 is 15.4 Å². The number of carbonyl (C=O) groups excluding carboxylic acids is 1. The average Bonchev–Trinajstić information content (AvgIpc) is 2.62. The van der Waals surface area contributed by atoms with Crippen molar-refractivity contribution in [3.63, 3.8) is 0 Å². The summed E-state index contributed by atoms with van der Waals surface area (Å²) in [5.41, 5.74) is 1.43. The fraction of sp³-hybridized carbons (Fsp3) is 0.111. The Bertz CT molecular complexity index is 765. The van der Waals surface area contributed by atoms with Crippen molar-refractivity contribution in [2.45, 2.75) is 0 Å². The highest BCUT2D eigenvalue weighted by Gasteiger charge is 2.15. The first-order chi connectivity index (χ1) is 11.7. The minimum Gasteiger partial charge on any atom is -0.497 e. The Morgan fingerprint density at radius 2 is 1.67 bits per heavy atom. The van der Waals surface area contributed by atoms with Gasteiger partial charge in [0.15, 0.2) is 0 Å². The number of amides is 1. The van der Waals surface area contributed by atoms with E-state index in [-0.39, 0.29) is 5.57 Å². The highest BCUT2D eigenvalue weighted by molar-refractivity contribution is 8.02. The molecule has 2 aromatic rings. The van der Waals surface area contributed by atoms with E-state index >= 15 is 0 Å². The molecule has 122 valence electrons. The van der Waals surface area contributed by atoms with Crippen molar-refractivity contribution in [1.82, 2.24) is 0 Å². The van der Waals surface area contributed by atoms with Crippen LogP contribution in [0.25, 0.3) is 0 Å². The third-order valence-electron chi connectivity index (χ3n) is 3.15. The predicted molar refractivity (Wildman–Crippen MR) is 97.8 cm³/mol. The summed E-state index contributed by atoms with van der Waals surface area (Å²) in [5.74, 6) is 0.284. The Balaban J connectivity index is 2.21. The number of para-hydroxylation sites is 1. The molecule has 0 bridgehead atoms. The van der Waals surface area contributed by atoms with Crippen LogP contribution in [0.2, 0.25) is 0 Å². The summed E-state index contributed by atoms with van der Waals surface area (Å²) in [4.78, 5) is 12.4. The van der Waals surface area contributed by atoms with Gasteiger partial charge >= 0.3 is 0 Å². The number of rotatable bonds is 6. The minimum absolute atomic E-state index is 0.0298. The molecule has 0 atom stereocenters.